The predicted octanol–water partition coefficient (Wildman–Crippen LogP) is 2.91. The quantitative estimate of drug-likeness (QED) is 0.917. The third-order valence-electron chi connectivity index (χ3n) is 3.84. The van der Waals surface area contributed by atoms with Gasteiger partial charge in [-0.25, -0.2) is 4.79 Å². The average molecular weight is 270 g/mol. The molecule has 4 atom stereocenters. The molecule has 4 unspecified atom stereocenters. The van der Waals surface area contributed by atoms with Crippen LogP contribution in [0.5, 0.6) is 0 Å². The molecule has 1 fully saturated rings. The summed E-state index contributed by atoms with van der Waals surface area (Å²) in [4.78, 5) is 10.7. The third kappa shape index (κ3) is 2.66. The lowest BCUT2D eigenvalue weighted by atomic mass is 9.81. The average Bonchev–Trinajstić information content (AvgIpc) is 2.81. The van der Waals surface area contributed by atoms with Crippen molar-refractivity contribution in [1.29, 1.82) is 0 Å². The minimum Gasteiger partial charge on any atom is -0.475 e. The smallest absolute Gasteiger partial charge is 0.371 e. The summed E-state index contributed by atoms with van der Waals surface area (Å²) in [5.74, 6) is -0.0366. The molecule has 0 aromatic carbocycles. The number of furan rings is 1. The van der Waals surface area contributed by atoms with Crippen molar-refractivity contribution in [3.05, 3.63) is 17.9 Å². The summed E-state index contributed by atoms with van der Waals surface area (Å²) in [6.07, 6.45) is 2.90. The number of carbonyl (C=O) groups is 1. The monoisotopic (exact) mass is 270 g/mol. The zero-order chi connectivity index (χ0) is 13.3. The zero-order valence-corrected chi connectivity index (χ0v) is 11.4. The van der Waals surface area contributed by atoms with Crippen LogP contribution in [-0.2, 0) is 10.8 Å². The lowest BCUT2D eigenvalue weighted by Crippen LogP contribution is -2.27. The molecule has 0 saturated heterocycles. The van der Waals surface area contributed by atoms with Gasteiger partial charge in [0.25, 0.3) is 0 Å². The Hall–Kier alpha value is -1.10. The molecule has 0 spiro atoms. The van der Waals surface area contributed by atoms with Gasteiger partial charge in [-0.05, 0) is 43.2 Å². The van der Waals surface area contributed by atoms with Gasteiger partial charge in [0.15, 0.2) is 5.09 Å². The van der Waals surface area contributed by atoms with Gasteiger partial charge in [-0.3, -0.25) is 4.21 Å². The second-order valence-electron chi connectivity index (χ2n) is 5.11. The number of carboxylic acids is 1. The second kappa shape index (κ2) is 5.26. The molecular weight excluding hydrogens is 252 g/mol. The van der Waals surface area contributed by atoms with E-state index in [0.717, 1.165) is 19.3 Å². The summed E-state index contributed by atoms with van der Waals surface area (Å²) in [7, 11) is -1.23. The fourth-order valence-electron chi connectivity index (χ4n) is 2.40. The topological polar surface area (TPSA) is 67.5 Å². The van der Waals surface area contributed by atoms with Crippen molar-refractivity contribution in [1.82, 2.24) is 0 Å². The lowest BCUT2D eigenvalue weighted by molar-refractivity contribution is 0.0656. The summed E-state index contributed by atoms with van der Waals surface area (Å²) < 4.78 is 17.4. The standard InChI is InChI=1S/C13H18O4S/c1-8-3-4-10(7-9(8)2)18(16)12-6-5-11(17-12)13(14)15/h5-6,8-10H,3-4,7H2,1-2H3,(H,14,15). The highest BCUT2D eigenvalue weighted by Crippen LogP contribution is 2.33. The van der Waals surface area contributed by atoms with Crippen molar-refractivity contribution in [2.75, 3.05) is 0 Å². The molecule has 0 amide bonds. The molecule has 0 aliphatic heterocycles. The van der Waals surface area contributed by atoms with Crippen LogP contribution < -0.4 is 0 Å². The van der Waals surface area contributed by atoms with Crippen molar-refractivity contribution >= 4 is 16.8 Å². The Kier molecular flexibility index (Phi) is 3.90. The molecule has 5 heteroatoms. The molecule has 0 bridgehead atoms. The Balaban J connectivity index is 2.09. The Bertz CT molecular complexity index is 465. The molecule has 1 saturated carbocycles. The van der Waals surface area contributed by atoms with E-state index in [1.54, 1.807) is 0 Å². The van der Waals surface area contributed by atoms with E-state index < -0.39 is 16.8 Å². The highest BCUT2D eigenvalue weighted by Gasteiger charge is 2.30. The number of rotatable bonds is 3. The fourth-order valence-corrected chi connectivity index (χ4v) is 3.93. The molecule has 1 N–H and O–H groups in total. The van der Waals surface area contributed by atoms with Crippen molar-refractivity contribution in [3.63, 3.8) is 0 Å². The van der Waals surface area contributed by atoms with Gasteiger partial charge in [-0.2, -0.15) is 0 Å². The van der Waals surface area contributed by atoms with Crippen LogP contribution in [0.15, 0.2) is 21.6 Å². The molecule has 1 aromatic heterocycles. The van der Waals surface area contributed by atoms with Crippen molar-refractivity contribution in [2.24, 2.45) is 11.8 Å². The van der Waals surface area contributed by atoms with E-state index in [1.807, 2.05) is 0 Å². The predicted molar refractivity (Wildman–Crippen MR) is 68.0 cm³/mol. The largest absolute Gasteiger partial charge is 0.475 e. The van der Waals surface area contributed by atoms with Crippen LogP contribution in [0.2, 0.25) is 0 Å². The summed E-state index contributed by atoms with van der Waals surface area (Å²) in [5, 5.41) is 9.15. The lowest BCUT2D eigenvalue weighted by Gasteiger charge is -2.30. The van der Waals surface area contributed by atoms with Gasteiger partial charge in [0.05, 0.1) is 10.8 Å². The maximum Gasteiger partial charge on any atom is 0.371 e. The van der Waals surface area contributed by atoms with Gasteiger partial charge in [0.2, 0.25) is 5.76 Å². The molecular formula is C13H18O4S. The zero-order valence-electron chi connectivity index (χ0n) is 10.6. The van der Waals surface area contributed by atoms with Crippen LogP contribution in [0.3, 0.4) is 0 Å². The highest BCUT2D eigenvalue weighted by atomic mass is 32.2. The highest BCUT2D eigenvalue weighted by molar-refractivity contribution is 7.85. The number of carboxylic acid groups (broad SMARTS) is 1. The maximum atomic E-state index is 12.3. The molecule has 4 nitrogen and oxygen atoms in total. The van der Waals surface area contributed by atoms with E-state index in [-0.39, 0.29) is 11.0 Å². The Morgan fingerprint density at radius 1 is 1.33 bits per heavy atom. The first-order valence-corrected chi connectivity index (χ1v) is 7.44. The minimum atomic E-state index is -1.23. The summed E-state index contributed by atoms with van der Waals surface area (Å²) in [6.45, 7) is 4.40. The number of hydrogen-bond acceptors (Lipinski definition) is 3. The van der Waals surface area contributed by atoms with Crippen LogP contribution in [0.1, 0.15) is 43.7 Å². The Labute approximate surface area is 109 Å². The van der Waals surface area contributed by atoms with Gasteiger partial charge >= 0.3 is 5.97 Å². The maximum absolute atomic E-state index is 12.3. The molecule has 1 aliphatic carbocycles. The van der Waals surface area contributed by atoms with Crippen LogP contribution in [-0.4, -0.2) is 20.5 Å². The Morgan fingerprint density at radius 3 is 2.61 bits per heavy atom. The first kappa shape index (κ1) is 13.3. The first-order chi connectivity index (χ1) is 8.49. The van der Waals surface area contributed by atoms with Gasteiger partial charge in [0, 0.05) is 5.25 Å². The van der Waals surface area contributed by atoms with Crippen molar-refractivity contribution in [3.8, 4) is 0 Å². The van der Waals surface area contributed by atoms with Crippen LogP contribution >= 0.6 is 0 Å². The molecule has 100 valence electrons. The van der Waals surface area contributed by atoms with E-state index in [4.69, 9.17) is 9.52 Å². The minimum absolute atomic E-state index is 0.0870. The van der Waals surface area contributed by atoms with E-state index >= 15 is 0 Å². The van der Waals surface area contributed by atoms with Crippen LogP contribution in [0.25, 0.3) is 0 Å². The third-order valence-corrected chi connectivity index (χ3v) is 5.49. The summed E-state index contributed by atoms with van der Waals surface area (Å²) in [5.41, 5.74) is 0. The summed E-state index contributed by atoms with van der Waals surface area (Å²) >= 11 is 0. The van der Waals surface area contributed by atoms with E-state index in [0.29, 0.717) is 16.9 Å². The van der Waals surface area contributed by atoms with E-state index in [9.17, 15) is 9.00 Å². The summed E-state index contributed by atoms with van der Waals surface area (Å²) in [6, 6.07) is 2.88. The fraction of sp³-hybridized carbons (Fsp3) is 0.615. The van der Waals surface area contributed by atoms with Crippen LogP contribution in [0.4, 0.5) is 0 Å². The van der Waals surface area contributed by atoms with Crippen molar-refractivity contribution in [2.45, 2.75) is 43.5 Å². The Morgan fingerprint density at radius 2 is 2.06 bits per heavy atom. The molecule has 18 heavy (non-hydrogen) atoms. The van der Waals surface area contributed by atoms with Crippen LogP contribution in [0, 0.1) is 11.8 Å². The van der Waals surface area contributed by atoms with Gasteiger partial charge in [0.1, 0.15) is 0 Å². The van der Waals surface area contributed by atoms with Gasteiger partial charge in [-0.15, -0.1) is 0 Å². The molecule has 1 heterocycles. The SMILES string of the molecule is CC1CCC(S(=O)c2ccc(C(=O)O)o2)CC1C. The van der Waals surface area contributed by atoms with E-state index in [2.05, 4.69) is 13.8 Å². The normalized spacial score (nSPS) is 30.0. The van der Waals surface area contributed by atoms with Crippen molar-refractivity contribution < 1.29 is 18.5 Å². The first-order valence-electron chi connectivity index (χ1n) is 6.22. The number of aromatic carboxylic acids is 1. The molecule has 1 aromatic rings. The molecule has 2 rings (SSSR count). The van der Waals surface area contributed by atoms with E-state index in [1.165, 1.54) is 12.1 Å². The van der Waals surface area contributed by atoms with Gasteiger partial charge in [-0.1, -0.05) is 13.8 Å². The molecule has 1 aliphatic rings. The second-order valence-corrected chi connectivity index (χ2v) is 6.77. The molecule has 0 radical (unpaired) electrons. The van der Waals surface area contributed by atoms with Gasteiger partial charge < -0.3 is 9.52 Å². The number of hydrogen-bond donors (Lipinski definition) is 1.